The van der Waals surface area contributed by atoms with E-state index in [0.29, 0.717) is 11.4 Å². The molecular formula is C17H17ClN2O4S. The minimum atomic E-state index is -3.89. The average molecular weight is 381 g/mol. The van der Waals surface area contributed by atoms with E-state index in [1.807, 2.05) is 13.0 Å². The highest BCUT2D eigenvalue weighted by atomic mass is 35.5. The number of fused-ring (bicyclic) bond motifs is 1. The van der Waals surface area contributed by atoms with Gasteiger partial charge in [-0.3, -0.25) is 9.10 Å². The van der Waals surface area contributed by atoms with Crippen molar-refractivity contribution in [2.45, 2.75) is 18.7 Å². The first-order valence-electron chi connectivity index (χ1n) is 7.68. The Morgan fingerprint density at radius 2 is 2.04 bits per heavy atom. The fraction of sp³-hybridized carbons (Fsp3) is 0.235. The van der Waals surface area contributed by atoms with E-state index in [-0.39, 0.29) is 34.7 Å². The van der Waals surface area contributed by atoms with Crippen molar-refractivity contribution >= 4 is 38.9 Å². The van der Waals surface area contributed by atoms with Crippen LogP contribution in [0.25, 0.3) is 0 Å². The summed E-state index contributed by atoms with van der Waals surface area (Å²) in [7, 11) is -3.89. The number of carbonyl (C=O) groups excluding carboxylic acids is 1. The maximum absolute atomic E-state index is 13.1. The summed E-state index contributed by atoms with van der Waals surface area (Å²) < 4.78 is 32.9. The van der Waals surface area contributed by atoms with Crippen molar-refractivity contribution in [2.75, 3.05) is 22.8 Å². The number of nitrogens with zero attached hydrogens (tertiary/aromatic N) is 1. The van der Waals surface area contributed by atoms with E-state index in [0.717, 1.165) is 5.56 Å². The maximum Gasteiger partial charge on any atom is 0.265 e. The largest absolute Gasteiger partial charge is 0.482 e. The van der Waals surface area contributed by atoms with Crippen LogP contribution in [-0.2, 0) is 14.8 Å². The summed E-state index contributed by atoms with van der Waals surface area (Å²) in [5.41, 5.74) is 1.87. The molecule has 0 unspecified atom stereocenters. The summed E-state index contributed by atoms with van der Waals surface area (Å²) in [6.45, 7) is 3.73. The molecule has 0 spiro atoms. The monoisotopic (exact) mass is 380 g/mol. The smallest absolute Gasteiger partial charge is 0.265 e. The van der Waals surface area contributed by atoms with Crippen molar-refractivity contribution < 1.29 is 17.9 Å². The minimum Gasteiger partial charge on any atom is -0.482 e. The summed E-state index contributed by atoms with van der Waals surface area (Å²) in [6.07, 6.45) is 0. The Labute approximate surface area is 151 Å². The van der Waals surface area contributed by atoms with Gasteiger partial charge in [0.1, 0.15) is 10.6 Å². The van der Waals surface area contributed by atoms with Gasteiger partial charge >= 0.3 is 0 Å². The predicted molar refractivity (Wildman–Crippen MR) is 97.0 cm³/mol. The molecule has 25 heavy (non-hydrogen) atoms. The number of anilines is 2. The molecule has 0 saturated heterocycles. The van der Waals surface area contributed by atoms with E-state index in [1.54, 1.807) is 25.1 Å². The zero-order chi connectivity index (χ0) is 18.2. The van der Waals surface area contributed by atoms with Crippen LogP contribution in [0.15, 0.2) is 41.3 Å². The Morgan fingerprint density at radius 3 is 2.72 bits per heavy atom. The van der Waals surface area contributed by atoms with Crippen LogP contribution < -0.4 is 14.4 Å². The van der Waals surface area contributed by atoms with Gasteiger partial charge in [-0.25, -0.2) is 8.42 Å². The summed E-state index contributed by atoms with van der Waals surface area (Å²) in [5, 5.41) is 2.63. The van der Waals surface area contributed by atoms with E-state index in [9.17, 15) is 13.2 Å². The third-order valence-corrected chi connectivity index (χ3v) is 6.18. The molecule has 0 saturated carbocycles. The molecule has 0 atom stereocenters. The van der Waals surface area contributed by atoms with Gasteiger partial charge < -0.3 is 10.1 Å². The molecule has 0 aliphatic carbocycles. The molecule has 2 aromatic rings. The van der Waals surface area contributed by atoms with Crippen LogP contribution in [0.1, 0.15) is 12.5 Å². The Bertz CT molecular complexity index is 944. The van der Waals surface area contributed by atoms with Gasteiger partial charge in [-0.1, -0.05) is 23.7 Å². The summed E-state index contributed by atoms with van der Waals surface area (Å²) in [4.78, 5) is 11.3. The van der Waals surface area contributed by atoms with Crippen LogP contribution in [0, 0.1) is 6.92 Å². The molecule has 1 N–H and O–H groups in total. The Hall–Kier alpha value is -2.25. The molecule has 0 radical (unpaired) electrons. The van der Waals surface area contributed by atoms with Gasteiger partial charge in [0.05, 0.1) is 16.4 Å². The normalized spacial score (nSPS) is 13.6. The number of hydrogen-bond donors (Lipinski definition) is 1. The zero-order valence-electron chi connectivity index (χ0n) is 13.7. The highest BCUT2D eigenvalue weighted by Gasteiger charge is 2.29. The van der Waals surface area contributed by atoms with Crippen molar-refractivity contribution in [3.63, 3.8) is 0 Å². The van der Waals surface area contributed by atoms with Crippen LogP contribution in [0.5, 0.6) is 5.75 Å². The van der Waals surface area contributed by atoms with E-state index in [1.165, 1.54) is 16.4 Å². The van der Waals surface area contributed by atoms with E-state index in [4.69, 9.17) is 16.3 Å². The molecule has 132 valence electrons. The lowest BCUT2D eigenvalue weighted by molar-refractivity contribution is -0.118. The zero-order valence-corrected chi connectivity index (χ0v) is 15.3. The molecule has 1 aliphatic rings. The second-order valence-corrected chi connectivity index (χ2v) is 7.86. The van der Waals surface area contributed by atoms with Crippen LogP contribution >= 0.6 is 11.6 Å². The summed E-state index contributed by atoms with van der Waals surface area (Å²) >= 11 is 6.20. The molecule has 1 heterocycles. The number of benzene rings is 2. The number of amides is 1. The molecule has 1 amide bonds. The molecule has 0 fully saturated rings. The van der Waals surface area contributed by atoms with Crippen LogP contribution in [0.2, 0.25) is 5.02 Å². The lowest BCUT2D eigenvalue weighted by Gasteiger charge is -2.25. The van der Waals surface area contributed by atoms with Crippen LogP contribution in [0.4, 0.5) is 11.4 Å². The van der Waals surface area contributed by atoms with Gasteiger partial charge in [-0.05, 0) is 37.6 Å². The first-order valence-corrected chi connectivity index (χ1v) is 9.50. The molecular weight excluding hydrogens is 364 g/mol. The van der Waals surface area contributed by atoms with Crippen molar-refractivity contribution in [1.82, 2.24) is 0 Å². The second kappa shape index (κ2) is 6.57. The molecule has 1 aliphatic heterocycles. The summed E-state index contributed by atoms with van der Waals surface area (Å²) in [6, 6.07) is 9.97. The molecule has 3 rings (SSSR count). The number of sulfonamides is 1. The highest BCUT2D eigenvalue weighted by molar-refractivity contribution is 7.93. The lowest BCUT2D eigenvalue weighted by atomic mass is 10.2. The Balaban J connectivity index is 2.09. The van der Waals surface area contributed by atoms with Gasteiger partial charge in [-0.15, -0.1) is 0 Å². The first-order chi connectivity index (χ1) is 11.8. The van der Waals surface area contributed by atoms with E-state index >= 15 is 0 Å². The molecule has 0 aromatic heterocycles. The number of nitrogens with one attached hydrogen (secondary N) is 1. The van der Waals surface area contributed by atoms with Crippen molar-refractivity contribution in [2.24, 2.45) is 0 Å². The molecule has 6 nitrogen and oxygen atoms in total. The number of halogens is 1. The number of hydrogen-bond acceptors (Lipinski definition) is 4. The van der Waals surface area contributed by atoms with Crippen molar-refractivity contribution in [1.29, 1.82) is 0 Å². The fourth-order valence-corrected chi connectivity index (χ4v) is 4.66. The Morgan fingerprint density at radius 1 is 1.28 bits per heavy atom. The lowest BCUT2D eigenvalue weighted by Crippen LogP contribution is -2.31. The predicted octanol–water partition coefficient (Wildman–Crippen LogP) is 3.19. The second-order valence-electron chi connectivity index (χ2n) is 5.62. The average Bonchev–Trinajstić information content (AvgIpc) is 2.54. The van der Waals surface area contributed by atoms with Gasteiger partial charge in [0, 0.05) is 12.6 Å². The molecule has 8 heteroatoms. The van der Waals surface area contributed by atoms with Crippen molar-refractivity contribution in [3.05, 3.63) is 47.0 Å². The topological polar surface area (TPSA) is 75.7 Å². The Kier molecular flexibility index (Phi) is 4.62. The number of carbonyl (C=O) groups is 1. The SMILES string of the molecule is CCN(c1cccc(C)c1)S(=O)(=O)c1cc2c(cc1Cl)NC(=O)CO2. The molecule has 0 bridgehead atoms. The van der Waals surface area contributed by atoms with Gasteiger partial charge in [-0.2, -0.15) is 0 Å². The minimum absolute atomic E-state index is 0.0238. The summed E-state index contributed by atoms with van der Waals surface area (Å²) in [5.74, 6) is -0.0306. The highest BCUT2D eigenvalue weighted by Crippen LogP contribution is 2.37. The number of ether oxygens (including phenoxy) is 1. The maximum atomic E-state index is 13.1. The van der Waals surface area contributed by atoms with Gasteiger partial charge in [0.15, 0.2) is 6.61 Å². The van der Waals surface area contributed by atoms with Gasteiger partial charge in [0.25, 0.3) is 15.9 Å². The third-order valence-electron chi connectivity index (χ3n) is 3.81. The van der Waals surface area contributed by atoms with Crippen LogP contribution in [0.3, 0.4) is 0 Å². The standard InChI is InChI=1S/C17H17ClN2O4S/c1-3-20(12-6-4-5-11(2)7-12)25(22,23)16-9-15-14(8-13(16)18)19-17(21)10-24-15/h4-9H,3,10H2,1-2H3,(H,19,21). The quantitative estimate of drug-likeness (QED) is 0.883. The van der Waals surface area contributed by atoms with Gasteiger partial charge in [0.2, 0.25) is 0 Å². The van der Waals surface area contributed by atoms with Crippen LogP contribution in [-0.4, -0.2) is 27.5 Å². The first kappa shape index (κ1) is 17.6. The van der Waals surface area contributed by atoms with E-state index in [2.05, 4.69) is 5.32 Å². The number of aryl methyl sites for hydroxylation is 1. The van der Waals surface area contributed by atoms with Crippen molar-refractivity contribution in [3.8, 4) is 5.75 Å². The fourth-order valence-electron chi connectivity index (χ4n) is 2.67. The number of rotatable bonds is 4. The molecule has 2 aromatic carbocycles. The third kappa shape index (κ3) is 3.29. The van der Waals surface area contributed by atoms with E-state index < -0.39 is 10.0 Å².